The first-order chi connectivity index (χ1) is 7.41. The summed E-state index contributed by atoms with van der Waals surface area (Å²) in [4.78, 5) is 11.6. The molecule has 0 N–H and O–H groups in total. The molecular weight excluding hydrogens is 200 g/mol. The van der Waals surface area contributed by atoms with E-state index in [4.69, 9.17) is 4.74 Å². The minimum atomic E-state index is 0.0313. The Morgan fingerprint density at radius 2 is 2.19 bits per heavy atom. The van der Waals surface area contributed by atoms with E-state index in [0.29, 0.717) is 11.3 Å². The summed E-state index contributed by atoms with van der Waals surface area (Å²) < 4.78 is 5.52. The van der Waals surface area contributed by atoms with Gasteiger partial charge in [-0.15, -0.1) is 0 Å². The third-order valence-electron chi connectivity index (χ3n) is 4.44. The van der Waals surface area contributed by atoms with Crippen molar-refractivity contribution in [2.45, 2.75) is 59.5 Å². The van der Waals surface area contributed by atoms with E-state index in [1.807, 2.05) is 6.92 Å². The monoisotopic (exact) mass is 224 g/mol. The van der Waals surface area contributed by atoms with Crippen molar-refractivity contribution < 1.29 is 9.53 Å². The fourth-order valence-electron chi connectivity index (χ4n) is 3.74. The number of rotatable bonds is 2. The highest BCUT2D eigenvalue weighted by Crippen LogP contribution is 2.48. The molecule has 0 aromatic rings. The van der Waals surface area contributed by atoms with Gasteiger partial charge in [-0.25, -0.2) is 0 Å². The maximum atomic E-state index is 11.6. The lowest BCUT2D eigenvalue weighted by atomic mass is 9.65. The summed E-state index contributed by atoms with van der Waals surface area (Å²) in [6.45, 7) is 8.94. The van der Waals surface area contributed by atoms with Gasteiger partial charge in [-0.1, -0.05) is 27.7 Å². The Balaban J connectivity index is 2.04. The molecule has 1 heterocycles. The Morgan fingerprint density at radius 1 is 1.50 bits per heavy atom. The lowest BCUT2D eigenvalue weighted by Gasteiger charge is -2.40. The molecule has 1 saturated carbocycles. The summed E-state index contributed by atoms with van der Waals surface area (Å²) >= 11 is 0. The van der Waals surface area contributed by atoms with Gasteiger partial charge in [0.1, 0.15) is 6.10 Å². The number of fused-ring (bicyclic) bond motifs is 1. The maximum absolute atomic E-state index is 11.6. The van der Waals surface area contributed by atoms with Crippen molar-refractivity contribution in [3.05, 3.63) is 0 Å². The van der Waals surface area contributed by atoms with Crippen LogP contribution in [0.4, 0.5) is 0 Å². The van der Waals surface area contributed by atoms with Gasteiger partial charge in [0.2, 0.25) is 0 Å². The molecule has 1 aliphatic heterocycles. The fourth-order valence-corrected chi connectivity index (χ4v) is 3.74. The van der Waals surface area contributed by atoms with Gasteiger partial charge in [-0.2, -0.15) is 0 Å². The van der Waals surface area contributed by atoms with Crippen LogP contribution in [0.15, 0.2) is 0 Å². The van der Waals surface area contributed by atoms with E-state index in [9.17, 15) is 4.79 Å². The van der Waals surface area contributed by atoms with Gasteiger partial charge in [0.05, 0.1) is 5.92 Å². The Bertz CT molecular complexity index is 284. The largest absolute Gasteiger partial charge is 0.462 e. The molecule has 0 amide bonds. The molecule has 0 aromatic heterocycles. The Labute approximate surface area is 98.7 Å². The van der Waals surface area contributed by atoms with Crippen LogP contribution in [-0.2, 0) is 9.53 Å². The predicted octanol–water partition coefficient (Wildman–Crippen LogP) is 3.40. The van der Waals surface area contributed by atoms with Crippen molar-refractivity contribution in [3.8, 4) is 0 Å². The van der Waals surface area contributed by atoms with Gasteiger partial charge >= 0.3 is 5.97 Å². The summed E-state index contributed by atoms with van der Waals surface area (Å²) in [7, 11) is 0. The zero-order valence-electron chi connectivity index (χ0n) is 11.0. The van der Waals surface area contributed by atoms with Gasteiger partial charge in [0, 0.05) is 5.92 Å². The minimum Gasteiger partial charge on any atom is -0.462 e. The molecule has 16 heavy (non-hydrogen) atoms. The second-order valence-electron chi connectivity index (χ2n) is 6.58. The molecule has 2 rings (SSSR count). The molecule has 0 aromatic carbocycles. The van der Waals surface area contributed by atoms with Crippen LogP contribution in [0.3, 0.4) is 0 Å². The van der Waals surface area contributed by atoms with Crippen molar-refractivity contribution in [1.82, 2.24) is 0 Å². The summed E-state index contributed by atoms with van der Waals surface area (Å²) in [5, 5.41) is 0. The standard InChI is InChI=1S/C14H24O2/c1-9(2)7-14(4)6-5-11-10(3)13(15)16-12(11)8-14/h9-12H,5-8H2,1-4H3/t10?,11-,12?,14?/m0/s1. The van der Waals surface area contributed by atoms with Crippen LogP contribution in [0, 0.1) is 23.2 Å². The van der Waals surface area contributed by atoms with Gasteiger partial charge < -0.3 is 4.74 Å². The number of hydrogen-bond donors (Lipinski definition) is 0. The van der Waals surface area contributed by atoms with Crippen molar-refractivity contribution >= 4 is 5.97 Å². The van der Waals surface area contributed by atoms with Crippen molar-refractivity contribution in [2.75, 3.05) is 0 Å². The zero-order valence-corrected chi connectivity index (χ0v) is 11.0. The van der Waals surface area contributed by atoms with Crippen molar-refractivity contribution in [2.24, 2.45) is 23.2 Å². The number of hydrogen-bond acceptors (Lipinski definition) is 2. The van der Waals surface area contributed by atoms with Crippen LogP contribution < -0.4 is 0 Å². The molecule has 2 heteroatoms. The van der Waals surface area contributed by atoms with Gasteiger partial charge in [-0.3, -0.25) is 4.79 Å². The van der Waals surface area contributed by atoms with Crippen LogP contribution in [0.2, 0.25) is 0 Å². The summed E-state index contributed by atoms with van der Waals surface area (Å²) in [5.74, 6) is 1.39. The first-order valence-corrected chi connectivity index (χ1v) is 6.62. The van der Waals surface area contributed by atoms with Crippen molar-refractivity contribution in [1.29, 1.82) is 0 Å². The van der Waals surface area contributed by atoms with E-state index >= 15 is 0 Å². The molecule has 2 fully saturated rings. The molecule has 4 atom stereocenters. The molecule has 3 unspecified atom stereocenters. The second-order valence-corrected chi connectivity index (χ2v) is 6.58. The number of carbonyl (C=O) groups is 1. The minimum absolute atomic E-state index is 0.0313. The summed E-state index contributed by atoms with van der Waals surface area (Å²) in [5.41, 5.74) is 0.389. The number of ether oxygens (including phenoxy) is 1. The highest BCUT2D eigenvalue weighted by molar-refractivity contribution is 5.74. The third-order valence-corrected chi connectivity index (χ3v) is 4.44. The van der Waals surface area contributed by atoms with Crippen LogP contribution in [0.5, 0.6) is 0 Å². The fraction of sp³-hybridized carbons (Fsp3) is 0.929. The second kappa shape index (κ2) is 4.05. The van der Waals surface area contributed by atoms with E-state index in [0.717, 1.165) is 12.3 Å². The van der Waals surface area contributed by atoms with Gasteiger partial charge in [0.25, 0.3) is 0 Å². The Hall–Kier alpha value is -0.530. The SMILES string of the molecule is CC(C)CC1(C)CC[C@@H]2C(C1)OC(=O)C2C. The van der Waals surface area contributed by atoms with Crippen LogP contribution in [0.1, 0.15) is 53.4 Å². The molecule has 2 aliphatic rings. The molecule has 2 nitrogen and oxygen atoms in total. The van der Waals surface area contributed by atoms with Crippen LogP contribution >= 0.6 is 0 Å². The number of esters is 1. The quantitative estimate of drug-likeness (QED) is 0.672. The zero-order chi connectivity index (χ0) is 11.9. The Morgan fingerprint density at radius 3 is 2.81 bits per heavy atom. The number of carbonyl (C=O) groups excluding carboxylic acids is 1. The van der Waals surface area contributed by atoms with Crippen molar-refractivity contribution in [3.63, 3.8) is 0 Å². The molecule has 1 saturated heterocycles. The molecular formula is C14H24O2. The maximum Gasteiger partial charge on any atom is 0.309 e. The van der Waals surface area contributed by atoms with Crippen LogP contribution in [-0.4, -0.2) is 12.1 Å². The van der Waals surface area contributed by atoms with Crippen LogP contribution in [0.25, 0.3) is 0 Å². The smallest absolute Gasteiger partial charge is 0.309 e. The normalized spacial score (nSPS) is 43.3. The van der Waals surface area contributed by atoms with Gasteiger partial charge in [-0.05, 0) is 37.0 Å². The summed E-state index contributed by atoms with van der Waals surface area (Å²) in [6.07, 6.45) is 4.96. The third kappa shape index (κ3) is 2.11. The first kappa shape index (κ1) is 11.9. The molecule has 92 valence electrons. The summed E-state index contributed by atoms with van der Waals surface area (Å²) in [6, 6.07) is 0. The van der Waals surface area contributed by atoms with Gasteiger partial charge in [0.15, 0.2) is 0 Å². The Kier molecular flexibility index (Phi) is 3.02. The average Bonchev–Trinajstić information content (AvgIpc) is 2.39. The van der Waals surface area contributed by atoms with E-state index < -0.39 is 0 Å². The molecule has 1 aliphatic carbocycles. The molecule has 0 spiro atoms. The highest BCUT2D eigenvalue weighted by atomic mass is 16.6. The topological polar surface area (TPSA) is 26.3 Å². The van der Waals surface area contributed by atoms with E-state index in [-0.39, 0.29) is 18.0 Å². The lowest BCUT2D eigenvalue weighted by molar-refractivity contribution is -0.145. The molecule has 0 radical (unpaired) electrons. The average molecular weight is 224 g/mol. The first-order valence-electron chi connectivity index (χ1n) is 6.62. The van der Waals surface area contributed by atoms with E-state index in [2.05, 4.69) is 20.8 Å². The molecule has 0 bridgehead atoms. The predicted molar refractivity (Wildman–Crippen MR) is 63.9 cm³/mol. The van der Waals surface area contributed by atoms with E-state index in [1.54, 1.807) is 0 Å². The van der Waals surface area contributed by atoms with E-state index in [1.165, 1.54) is 19.3 Å². The highest BCUT2D eigenvalue weighted by Gasteiger charge is 2.48. The lowest BCUT2D eigenvalue weighted by Crippen LogP contribution is -2.35.